The molecule has 2 N–H and O–H groups in total. The SMILES string of the molecule is COc1ccc(OC)c(C=NNC(=O)c2ccc(-n3cc(-c4ccccc4)nn3)cc2O)c1. The average molecular weight is 443 g/mol. The Balaban J connectivity index is 1.48. The molecule has 1 amide bonds. The summed E-state index contributed by atoms with van der Waals surface area (Å²) < 4.78 is 12.0. The molecular formula is C24H21N5O4. The van der Waals surface area contributed by atoms with Crippen molar-refractivity contribution in [2.24, 2.45) is 5.10 Å². The van der Waals surface area contributed by atoms with E-state index in [2.05, 4.69) is 20.8 Å². The molecule has 0 saturated carbocycles. The van der Waals surface area contributed by atoms with Gasteiger partial charge >= 0.3 is 0 Å². The molecule has 0 aliphatic heterocycles. The van der Waals surface area contributed by atoms with Crippen molar-refractivity contribution in [1.82, 2.24) is 20.4 Å². The Morgan fingerprint density at radius 2 is 1.88 bits per heavy atom. The highest BCUT2D eigenvalue weighted by Gasteiger charge is 2.13. The van der Waals surface area contributed by atoms with Crippen LogP contribution >= 0.6 is 0 Å². The van der Waals surface area contributed by atoms with Crippen LogP contribution in [0, 0.1) is 0 Å². The van der Waals surface area contributed by atoms with Crippen molar-refractivity contribution < 1.29 is 19.4 Å². The highest BCUT2D eigenvalue weighted by molar-refractivity contribution is 5.97. The van der Waals surface area contributed by atoms with Crippen LogP contribution in [0.2, 0.25) is 0 Å². The van der Waals surface area contributed by atoms with Gasteiger partial charge in [-0.05, 0) is 30.3 Å². The van der Waals surface area contributed by atoms with Gasteiger partial charge in [-0.15, -0.1) is 5.10 Å². The summed E-state index contributed by atoms with van der Waals surface area (Å²) in [6.45, 7) is 0. The Morgan fingerprint density at radius 1 is 1.06 bits per heavy atom. The van der Waals surface area contributed by atoms with E-state index in [0.717, 1.165) is 5.56 Å². The number of rotatable bonds is 7. The van der Waals surface area contributed by atoms with Crippen LogP contribution in [0.4, 0.5) is 0 Å². The van der Waals surface area contributed by atoms with Crippen LogP contribution in [-0.2, 0) is 0 Å². The van der Waals surface area contributed by atoms with E-state index >= 15 is 0 Å². The van der Waals surface area contributed by atoms with Gasteiger partial charge in [-0.25, -0.2) is 10.1 Å². The molecule has 0 aliphatic carbocycles. The number of hydrazone groups is 1. The number of amides is 1. The van der Waals surface area contributed by atoms with Gasteiger partial charge in [0.05, 0.1) is 37.9 Å². The number of ether oxygens (including phenoxy) is 2. The molecular weight excluding hydrogens is 422 g/mol. The summed E-state index contributed by atoms with van der Waals surface area (Å²) in [4.78, 5) is 12.5. The lowest BCUT2D eigenvalue weighted by Crippen LogP contribution is -2.18. The molecule has 1 aromatic heterocycles. The van der Waals surface area contributed by atoms with Crippen molar-refractivity contribution >= 4 is 12.1 Å². The lowest BCUT2D eigenvalue weighted by molar-refractivity contribution is 0.0952. The molecule has 3 aromatic carbocycles. The molecule has 0 aliphatic rings. The van der Waals surface area contributed by atoms with Gasteiger partial charge in [0, 0.05) is 17.2 Å². The summed E-state index contributed by atoms with van der Waals surface area (Å²) >= 11 is 0. The van der Waals surface area contributed by atoms with Crippen molar-refractivity contribution in [2.45, 2.75) is 0 Å². The minimum absolute atomic E-state index is 0.0666. The van der Waals surface area contributed by atoms with Crippen LogP contribution in [0.15, 0.2) is 78.0 Å². The first-order valence-electron chi connectivity index (χ1n) is 9.95. The Hall–Kier alpha value is -4.66. The van der Waals surface area contributed by atoms with Gasteiger partial charge in [0.25, 0.3) is 5.91 Å². The number of aromatic hydroxyl groups is 1. The van der Waals surface area contributed by atoms with Gasteiger partial charge < -0.3 is 14.6 Å². The summed E-state index contributed by atoms with van der Waals surface area (Å²) in [5.41, 5.74) is 5.27. The summed E-state index contributed by atoms with van der Waals surface area (Å²) in [5.74, 6) is 0.417. The molecule has 9 heteroatoms. The minimum atomic E-state index is -0.569. The Bertz CT molecular complexity index is 1300. The molecule has 4 rings (SSSR count). The fourth-order valence-electron chi connectivity index (χ4n) is 3.15. The molecule has 0 bridgehead atoms. The second kappa shape index (κ2) is 9.65. The van der Waals surface area contributed by atoms with Gasteiger partial charge in [0.1, 0.15) is 22.9 Å². The number of phenolic OH excluding ortho intramolecular Hbond substituents is 1. The Labute approximate surface area is 189 Å². The predicted molar refractivity (Wildman–Crippen MR) is 123 cm³/mol. The molecule has 9 nitrogen and oxygen atoms in total. The number of methoxy groups -OCH3 is 2. The lowest BCUT2D eigenvalue weighted by atomic mass is 10.1. The molecule has 4 aromatic rings. The maximum Gasteiger partial charge on any atom is 0.275 e. The van der Waals surface area contributed by atoms with Gasteiger partial charge in [-0.3, -0.25) is 4.79 Å². The summed E-state index contributed by atoms with van der Waals surface area (Å²) in [6, 6.07) is 19.4. The van der Waals surface area contributed by atoms with Crippen molar-refractivity contribution in [2.75, 3.05) is 14.2 Å². The van der Waals surface area contributed by atoms with Crippen LogP contribution in [0.1, 0.15) is 15.9 Å². The number of carbonyl (C=O) groups is 1. The van der Waals surface area contributed by atoms with E-state index in [-0.39, 0.29) is 11.3 Å². The molecule has 0 saturated heterocycles. The molecule has 0 radical (unpaired) electrons. The van der Waals surface area contributed by atoms with E-state index < -0.39 is 5.91 Å². The highest BCUT2D eigenvalue weighted by atomic mass is 16.5. The van der Waals surface area contributed by atoms with Crippen LogP contribution in [0.5, 0.6) is 17.2 Å². The predicted octanol–water partition coefficient (Wildman–Crippen LogP) is 3.42. The third kappa shape index (κ3) is 4.82. The molecule has 0 fully saturated rings. The summed E-state index contributed by atoms with van der Waals surface area (Å²) in [5, 5.41) is 22.6. The van der Waals surface area contributed by atoms with Gasteiger partial charge in [-0.1, -0.05) is 35.5 Å². The smallest absolute Gasteiger partial charge is 0.275 e. The second-order valence-electron chi connectivity index (χ2n) is 6.92. The van der Waals surface area contributed by atoms with Crippen molar-refractivity contribution in [3.63, 3.8) is 0 Å². The van der Waals surface area contributed by atoms with Crippen molar-refractivity contribution in [1.29, 1.82) is 0 Å². The zero-order chi connectivity index (χ0) is 23.2. The largest absolute Gasteiger partial charge is 0.507 e. The van der Waals surface area contributed by atoms with Crippen LogP contribution in [-0.4, -0.2) is 46.4 Å². The maximum atomic E-state index is 12.5. The highest BCUT2D eigenvalue weighted by Crippen LogP contribution is 2.24. The number of hydrogen-bond acceptors (Lipinski definition) is 7. The first kappa shape index (κ1) is 21.6. The first-order chi connectivity index (χ1) is 16.1. The average Bonchev–Trinajstić information content (AvgIpc) is 3.35. The summed E-state index contributed by atoms with van der Waals surface area (Å²) in [7, 11) is 3.09. The third-order valence-electron chi connectivity index (χ3n) is 4.86. The summed E-state index contributed by atoms with van der Waals surface area (Å²) in [6.07, 6.45) is 3.18. The molecule has 1 heterocycles. The maximum absolute atomic E-state index is 12.5. The molecule has 0 atom stereocenters. The van der Waals surface area contributed by atoms with Gasteiger partial charge in [-0.2, -0.15) is 5.10 Å². The van der Waals surface area contributed by atoms with E-state index in [4.69, 9.17) is 9.47 Å². The molecule has 166 valence electrons. The number of hydrogen-bond donors (Lipinski definition) is 2. The lowest BCUT2D eigenvalue weighted by Gasteiger charge is -2.07. The van der Waals surface area contributed by atoms with E-state index in [9.17, 15) is 9.90 Å². The quantitative estimate of drug-likeness (QED) is 0.334. The second-order valence-corrected chi connectivity index (χ2v) is 6.92. The number of carbonyl (C=O) groups excluding carboxylic acids is 1. The van der Waals surface area contributed by atoms with E-state index in [0.29, 0.717) is 28.4 Å². The third-order valence-corrected chi connectivity index (χ3v) is 4.86. The van der Waals surface area contributed by atoms with E-state index in [1.165, 1.54) is 30.1 Å². The van der Waals surface area contributed by atoms with Crippen LogP contribution in [0.3, 0.4) is 0 Å². The zero-order valence-corrected chi connectivity index (χ0v) is 18.0. The van der Waals surface area contributed by atoms with Crippen LogP contribution < -0.4 is 14.9 Å². The normalized spacial score (nSPS) is 10.8. The topological polar surface area (TPSA) is 111 Å². The number of phenols is 1. The zero-order valence-electron chi connectivity index (χ0n) is 18.0. The van der Waals surface area contributed by atoms with E-state index in [1.54, 1.807) is 37.6 Å². The Morgan fingerprint density at radius 3 is 2.61 bits per heavy atom. The number of aromatic nitrogens is 3. The number of nitrogens with zero attached hydrogens (tertiary/aromatic N) is 4. The fraction of sp³-hybridized carbons (Fsp3) is 0.0833. The standard InChI is InChI=1S/C24H21N5O4/c1-32-19-9-11-23(33-2)17(12-19)14-25-27-24(31)20-10-8-18(13-22(20)30)29-15-21(26-28-29)16-6-4-3-5-7-16/h3-15,30H,1-2H3,(H,27,31). The first-order valence-corrected chi connectivity index (χ1v) is 9.95. The number of nitrogens with one attached hydrogen (secondary N) is 1. The van der Waals surface area contributed by atoms with E-state index in [1.807, 2.05) is 30.3 Å². The fourth-order valence-corrected chi connectivity index (χ4v) is 3.15. The van der Waals surface area contributed by atoms with Crippen molar-refractivity contribution in [3.8, 4) is 34.2 Å². The number of benzene rings is 3. The monoisotopic (exact) mass is 443 g/mol. The molecule has 0 unspecified atom stereocenters. The van der Waals surface area contributed by atoms with Crippen LogP contribution in [0.25, 0.3) is 16.9 Å². The molecule has 0 spiro atoms. The van der Waals surface area contributed by atoms with Gasteiger partial charge in [0.2, 0.25) is 0 Å². The molecule has 33 heavy (non-hydrogen) atoms. The van der Waals surface area contributed by atoms with Gasteiger partial charge in [0.15, 0.2) is 0 Å². The Kier molecular flexibility index (Phi) is 6.31. The minimum Gasteiger partial charge on any atom is -0.507 e. The van der Waals surface area contributed by atoms with Crippen molar-refractivity contribution in [3.05, 3.63) is 84.1 Å².